The van der Waals surface area contributed by atoms with Gasteiger partial charge in [-0.25, -0.2) is 12.8 Å². The minimum atomic E-state index is -4.89. The van der Waals surface area contributed by atoms with Crippen molar-refractivity contribution in [3.8, 4) is 22.5 Å². The number of sulfone groups is 1. The first-order valence-corrected chi connectivity index (χ1v) is 9.38. The van der Waals surface area contributed by atoms with Crippen LogP contribution in [0.15, 0.2) is 45.8 Å². The molecule has 0 aliphatic carbocycles. The monoisotopic (exact) mass is 400 g/mol. The normalized spacial score (nSPS) is 12.4. The van der Waals surface area contributed by atoms with Gasteiger partial charge in [0, 0.05) is 11.9 Å². The molecule has 2 heterocycles. The molecule has 0 bridgehead atoms. The quantitative estimate of drug-likeness (QED) is 0.614. The molecule has 1 aromatic carbocycles. The number of hydrogen-bond donors (Lipinski definition) is 0. The average molecular weight is 400 g/mol. The Kier molecular flexibility index (Phi) is 4.54. The van der Waals surface area contributed by atoms with Crippen LogP contribution in [0.4, 0.5) is 17.6 Å². The van der Waals surface area contributed by atoms with E-state index in [9.17, 15) is 26.0 Å². The molecule has 0 atom stereocenters. The molecule has 0 unspecified atom stereocenters. The van der Waals surface area contributed by atoms with Crippen molar-refractivity contribution in [1.82, 2.24) is 10.1 Å². The van der Waals surface area contributed by atoms with Gasteiger partial charge in [-0.2, -0.15) is 13.2 Å². The number of pyridine rings is 1. The Hall–Kier alpha value is -2.75. The third kappa shape index (κ3) is 3.70. The summed E-state index contributed by atoms with van der Waals surface area (Å²) in [4.78, 5) is 3.51. The fraction of sp³-hybridized carbons (Fsp3) is 0.176. The zero-order chi connectivity index (χ0) is 20.0. The molecule has 2 aromatic heterocycles. The van der Waals surface area contributed by atoms with E-state index in [4.69, 9.17) is 0 Å². The van der Waals surface area contributed by atoms with Gasteiger partial charge in [-0.15, -0.1) is 0 Å². The molecule has 5 nitrogen and oxygen atoms in total. The molecule has 0 N–H and O–H groups in total. The highest BCUT2D eigenvalue weighted by Crippen LogP contribution is 2.42. The number of aryl methyl sites for hydroxylation is 1. The summed E-state index contributed by atoms with van der Waals surface area (Å²) < 4.78 is 81.9. The van der Waals surface area contributed by atoms with Gasteiger partial charge < -0.3 is 4.52 Å². The van der Waals surface area contributed by atoms with Crippen molar-refractivity contribution in [3.05, 3.63) is 53.7 Å². The molecule has 0 saturated carbocycles. The summed E-state index contributed by atoms with van der Waals surface area (Å²) in [5.74, 6) is -2.60. The standard InChI is InChI=1S/C17H12F4N2O3S/c1-9-4-3-5-12(22-9)15-14(16(26-23-15)17(19,20)21)10-6-7-13(11(18)8-10)27(2,24)25/h3-8H,1-2H3. The van der Waals surface area contributed by atoms with E-state index in [1.54, 1.807) is 19.1 Å². The number of benzene rings is 1. The summed E-state index contributed by atoms with van der Waals surface area (Å²) in [5.41, 5.74) is -0.325. The lowest BCUT2D eigenvalue weighted by Crippen LogP contribution is -2.06. The summed E-state index contributed by atoms with van der Waals surface area (Å²) >= 11 is 0. The number of rotatable bonds is 3. The van der Waals surface area contributed by atoms with Crippen LogP contribution in [0.5, 0.6) is 0 Å². The van der Waals surface area contributed by atoms with Crippen LogP contribution in [0.25, 0.3) is 22.5 Å². The molecule has 0 aliphatic rings. The van der Waals surface area contributed by atoms with Crippen LogP contribution in [-0.4, -0.2) is 24.8 Å². The van der Waals surface area contributed by atoms with E-state index in [1.165, 1.54) is 6.07 Å². The topological polar surface area (TPSA) is 73.1 Å². The second-order valence-electron chi connectivity index (χ2n) is 5.81. The Labute approximate surface area is 151 Å². The average Bonchev–Trinajstić information content (AvgIpc) is 2.98. The summed E-state index contributed by atoms with van der Waals surface area (Å²) in [7, 11) is -3.87. The lowest BCUT2D eigenvalue weighted by molar-refractivity contribution is -0.154. The fourth-order valence-corrected chi connectivity index (χ4v) is 3.29. The second kappa shape index (κ2) is 6.45. The van der Waals surface area contributed by atoms with Gasteiger partial charge in [0.2, 0.25) is 5.76 Å². The van der Waals surface area contributed by atoms with Crippen molar-refractivity contribution in [3.63, 3.8) is 0 Å². The van der Waals surface area contributed by atoms with Crippen LogP contribution in [0.1, 0.15) is 11.5 Å². The highest BCUT2D eigenvalue weighted by Gasteiger charge is 2.41. The van der Waals surface area contributed by atoms with Crippen LogP contribution in [0, 0.1) is 12.7 Å². The molecule has 0 saturated heterocycles. The maximum absolute atomic E-state index is 14.2. The molecule has 0 fully saturated rings. The Morgan fingerprint density at radius 2 is 1.81 bits per heavy atom. The number of halogens is 4. The van der Waals surface area contributed by atoms with Crippen LogP contribution in [-0.2, 0) is 16.0 Å². The Balaban J connectivity index is 2.28. The highest BCUT2D eigenvalue weighted by atomic mass is 32.2. The number of aromatic nitrogens is 2. The van der Waals surface area contributed by atoms with Crippen molar-refractivity contribution < 1.29 is 30.5 Å². The van der Waals surface area contributed by atoms with Gasteiger partial charge in [-0.05, 0) is 36.8 Å². The molecule has 0 amide bonds. The highest BCUT2D eigenvalue weighted by molar-refractivity contribution is 7.90. The predicted octanol–water partition coefficient (Wildman–Crippen LogP) is 4.27. The van der Waals surface area contributed by atoms with Crippen molar-refractivity contribution in [2.75, 3.05) is 6.26 Å². The number of hydrogen-bond acceptors (Lipinski definition) is 5. The smallest absolute Gasteiger partial charge is 0.350 e. The van der Waals surface area contributed by atoms with Gasteiger partial charge in [-0.1, -0.05) is 17.3 Å². The van der Waals surface area contributed by atoms with Crippen LogP contribution >= 0.6 is 0 Å². The molecular weight excluding hydrogens is 388 g/mol. The third-order valence-electron chi connectivity index (χ3n) is 3.70. The van der Waals surface area contributed by atoms with Crippen molar-refractivity contribution in [1.29, 1.82) is 0 Å². The maximum Gasteiger partial charge on any atom is 0.453 e. The summed E-state index contributed by atoms with van der Waals surface area (Å²) in [6.07, 6.45) is -4.09. The van der Waals surface area contributed by atoms with E-state index >= 15 is 0 Å². The van der Waals surface area contributed by atoms with Gasteiger partial charge in [0.25, 0.3) is 0 Å². The molecule has 3 rings (SSSR count). The Morgan fingerprint density at radius 3 is 2.37 bits per heavy atom. The molecular formula is C17H12F4N2O3S. The first-order chi connectivity index (χ1) is 12.5. The summed E-state index contributed by atoms with van der Waals surface area (Å²) in [6.45, 7) is 1.65. The molecule has 0 radical (unpaired) electrons. The maximum atomic E-state index is 14.2. The van der Waals surface area contributed by atoms with Crippen LogP contribution in [0.3, 0.4) is 0 Å². The van der Waals surface area contributed by atoms with E-state index in [0.717, 1.165) is 18.4 Å². The largest absolute Gasteiger partial charge is 0.453 e. The first-order valence-electron chi connectivity index (χ1n) is 7.49. The van der Waals surface area contributed by atoms with Gasteiger partial charge in [0.15, 0.2) is 9.84 Å². The van der Waals surface area contributed by atoms with Gasteiger partial charge in [-0.3, -0.25) is 4.98 Å². The third-order valence-corrected chi connectivity index (χ3v) is 4.83. The van der Waals surface area contributed by atoms with E-state index < -0.39 is 38.0 Å². The van der Waals surface area contributed by atoms with Crippen molar-refractivity contribution in [2.24, 2.45) is 0 Å². The SMILES string of the molecule is Cc1cccc(-c2noc(C(F)(F)F)c2-c2ccc(S(C)(=O)=O)c(F)c2)n1. The van der Waals surface area contributed by atoms with Gasteiger partial charge in [0.1, 0.15) is 16.4 Å². The Bertz CT molecular complexity index is 1120. The van der Waals surface area contributed by atoms with Crippen molar-refractivity contribution in [2.45, 2.75) is 18.0 Å². The molecule has 142 valence electrons. The van der Waals surface area contributed by atoms with Gasteiger partial charge in [0.05, 0.1) is 11.3 Å². The van der Waals surface area contributed by atoms with Gasteiger partial charge >= 0.3 is 6.18 Å². The summed E-state index contributed by atoms with van der Waals surface area (Å²) in [6, 6.07) is 7.35. The van der Waals surface area contributed by atoms with Crippen LogP contribution < -0.4 is 0 Å². The lowest BCUT2D eigenvalue weighted by Gasteiger charge is -2.09. The van der Waals surface area contributed by atoms with E-state index in [0.29, 0.717) is 11.8 Å². The molecule has 10 heteroatoms. The zero-order valence-electron chi connectivity index (χ0n) is 14.0. The first kappa shape index (κ1) is 19.0. The lowest BCUT2D eigenvalue weighted by atomic mass is 10.0. The second-order valence-corrected chi connectivity index (χ2v) is 7.80. The zero-order valence-corrected chi connectivity index (χ0v) is 14.8. The van der Waals surface area contributed by atoms with E-state index in [-0.39, 0.29) is 17.0 Å². The van der Waals surface area contributed by atoms with E-state index in [1.807, 2.05) is 0 Å². The minimum absolute atomic E-state index is 0.108. The molecule has 0 spiro atoms. The molecule has 3 aromatic rings. The molecule has 0 aliphatic heterocycles. The number of nitrogens with zero attached hydrogens (tertiary/aromatic N) is 2. The van der Waals surface area contributed by atoms with Crippen LogP contribution in [0.2, 0.25) is 0 Å². The van der Waals surface area contributed by atoms with Crippen molar-refractivity contribution >= 4 is 9.84 Å². The minimum Gasteiger partial charge on any atom is -0.350 e. The fourth-order valence-electron chi connectivity index (χ4n) is 2.56. The predicted molar refractivity (Wildman–Crippen MR) is 88.0 cm³/mol. The Morgan fingerprint density at radius 1 is 1.11 bits per heavy atom. The molecule has 27 heavy (non-hydrogen) atoms. The van der Waals surface area contributed by atoms with E-state index in [2.05, 4.69) is 14.7 Å². The summed E-state index contributed by atoms with van der Waals surface area (Å²) in [5, 5.41) is 3.47. The number of alkyl halides is 3.